The van der Waals surface area contributed by atoms with Crippen LogP contribution in [0.15, 0.2) is 114 Å². The predicted molar refractivity (Wildman–Crippen MR) is 223 cm³/mol. The molecule has 2 aliphatic heterocycles. The van der Waals surface area contributed by atoms with Gasteiger partial charge in [0.05, 0.1) is 31.2 Å². The molecule has 0 unspecified atom stereocenters. The number of carboxylic acids is 1. The number of carbonyl (C=O) groups is 1. The molecular weight excluding hydrogens is 784 g/mol. The summed E-state index contributed by atoms with van der Waals surface area (Å²) < 4.78 is 70.3. The number of unbranched alkanes of at least 4 members (excludes halogenated alkanes) is 2. The second-order valence-electron chi connectivity index (χ2n) is 16.1. The molecule has 3 aromatic rings. The Morgan fingerprint density at radius 2 is 1.40 bits per heavy atom. The van der Waals surface area contributed by atoms with Crippen LogP contribution in [0.5, 0.6) is 0 Å². The first kappa shape index (κ1) is 45.5. The number of benzene rings is 3. The average Bonchev–Trinajstić information content (AvgIpc) is 3.50. The van der Waals surface area contributed by atoms with Crippen molar-refractivity contribution in [3.05, 3.63) is 136 Å². The van der Waals surface area contributed by atoms with Gasteiger partial charge in [-0.15, -0.1) is 0 Å². The molecule has 0 saturated carbocycles. The van der Waals surface area contributed by atoms with Crippen molar-refractivity contribution < 1.29 is 70.0 Å². The molecule has 3 aromatic carbocycles. The smallest absolute Gasteiger partial charge is 0.748 e. The summed E-state index contributed by atoms with van der Waals surface area (Å²) in [4.78, 5) is 14.1. The summed E-state index contributed by atoms with van der Waals surface area (Å²) >= 11 is 0. The van der Waals surface area contributed by atoms with Gasteiger partial charge >= 0.3 is 35.5 Å². The topological polar surface area (TPSA) is 158 Å². The van der Waals surface area contributed by atoms with E-state index >= 15 is 0 Å². The van der Waals surface area contributed by atoms with Crippen LogP contribution in [0.2, 0.25) is 0 Å². The minimum Gasteiger partial charge on any atom is -0.748 e. The summed E-state index contributed by atoms with van der Waals surface area (Å²) in [5.41, 5.74) is 10.2. The monoisotopic (exact) mass is 834 g/mol. The Labute approximate surface area is 365 Å². The van der Waals surface area contributed by atoms with Crippen molar-refractivity contribution >= 4 is 48.9 Å². The van der Waals surface area contributed by atoms with E-state index in [2.05, 4.69) is 85.7 Å². The largest absolute Gasteiger partial charge is 1.00 e. The second-order valence-corrected chi connectivity index (χ2v) is 19.2. The van der Waals surface area contributed by atoms with E-state index in [0.29, 0.717) is 25.9 Å². The molecule has 0 spiro atoms. The molecule has 2 heterocycles. The first-order valence-electron chi connectivity index (χ1n) is 19.5. The number of rotatable bonds is 15. The minimum absolute atomic E-state index is 0. The molecule has 1 N–H and O–H groups in total. The van der Waals surface area contributed by atoms with Crippen molar-refractivity contribution in [1.29, 1.82) is 0 Å². The Morgan fingerprint density at radius 1 is 0.776 bits per heavy atom. The van der Waals surface area contributed by atoms with E-state index < -0.39 is 37.7 Å². The van der Waals surface area contributed by atoms with Crippen LogP contribution in [0.1, 0.15) is 99.7 Å². The summed E-state index contributed by atoms with van der Waals surface area (Å²) in [7, 11) is -8.60. The van der Waals surface area contributed by atoms with Gasteiger partial charge in [-0.05, 0) is 104 Å². The Hall–Kier alpha value is -3.62. The molecule has 13 heteroatoms. The van der Waals surface area contributed by atoms with Gasteiger partial charge in [0.25, 0.3) is 0 Å². The molecule has 6 rings (SSSR count). The number of hydrogen-bond donors (Lipinski definition) is 1. The van der Waals surface area contributed by atoms with Crippen molar-refractivity contribution in [3.63, 3.8) is 0 Å². The molecule has 3 aliphatic rings. The van der Waals surface area contributed by atoms with E-state index in [-0.39, 0.29) is 58.8 Å². The molecule has 0 amide bonds. The zero-order chi connectivity index (χ0) is 41.2. The van der Waals surface area contributed by atoms with Crippen molar-refractivity contribution in [2.24, 2.45) is 0 Å². The number of hydrogen-bond acceptors (Lipinski definition) is 8. The van der Waals surface area contributed by atoms with Crippen LogP contribution in [0.4, 0.5) is 11.4 Å². The van der Waals surface area contributed by atoms with Crippen molar-refractivity contribution in [2.45, 2.75) is 83.5 Å². The molecule has 10 nitrogen and oxygen atoms in total. The Bertz CT molecular complexity index is 2430. The number of nitrogens with zero attached hydrogens (tertiary/aromatic N) is 2. The fraction of sp³-hybridized carbons (Fsp3) is 0.378. The van der Waals surface area contributed by atoms with Crippen LogP contribution in [-0.4, -0.2) is 71.9 Å². The van der Waals surface area contributed by atoms with E-state index in [4.69, 9.17) is 0 Å². The second kappa shape index (κ2) is 18.3. The number of carboxylic acid groups (broad SMARTS) is 1. The molecule has 0 atom stereocenters. The first-order chi connectivity index (χ1) is 26.9. The van der Waals surface area contributed by atoms with Crippen molar-refractivity contribution in [2.75, 3.05) is 29.5 Å². The van der Waals surface area contributed by atoms with Crippen molar-refractivity contribution in [1.82, 2.24) is 0 Å². The zero-order valence-electron chi connectivity index (χ0n) is 34.0. The van der Waals surface area contributed by atoms with E-state index in [0.717, 1.165) is 75.5 Å². The summed E-state index contributed by atoms with van der Waals surface area (Å²) in [6, 6.07) is 23.4. The first-order valence-corrected chi connectivity index (χ1v) is 22.7. The van der Waals surface area contributed by atoms with Gasteiger partial charge in [0.2, 0.25) is 5.69 Å². The summed E-state index contributed by atoms with van der Waals surface area (Å²) in [6.07, 6.45) is 12.8. The fourth-order valence-corrected chi connectivity index (χ4v) is 9.74. The molecule has 0 fully saturated rings. The summed E-state index contributed by atoms with van der Waals surface area (Å²) in [6.45, 7) is 9.82. The van der Waals surface area contributed by atoms with Gasteiger partial charge in [-0.1, -0.05) is 74.5 Å². The molecule has 0 saturated heterocycles. The van der Waals surface area contributed by atoms with Crippen molar-refractivity contribution in [3.8, 4) is 0 Å². The van der Waals surface area contributed by atoms with Crippen LogP contribution in [-0.2, 0) is 31.1 Å². The Balaban J connectivity index is 0.00000641. The molecular formula is C45H51N2NaO8S2. The van der Waals surface area contributed by atoms with Crippen LogP contribution in [0.3, 0.4) is 0 Å². The number of para-hydroxylation sites is 2. The van der Waals surface area contributed by atoms with Gasteiger partial charge < -0.3 is 19.1 Å². The summed E-state index contributed by atoms with van der Waals surface area (Å²) in [5.74, 6) is -1.79. The molecule has 58 heavy (non-hydrogen) atoms. The van der Waals surface area contributed by atoms with E-state index in [1.165, 1.54) is 0 Å². The van der Waals surface area contributed by atoms with E-state index in [9.17, 15) is 35.8 Å². The zero-order valence-corrected chi connectivity index (χ0v) is 37.7. The Kier molecular flexibility index (Phi) is 14.4. The van der Waals surface area contributed by atoms with Gasteiger partial charge in [-0.25, -0.2) is 21.6 Å². The van der Waals surface area contributed by atoms with E-state index in [1.807, 2.05) is 36.4 Å². The maximum atomic E-state index is 11.8. The molecule has 0 bridgehead atoms. The maximum Gasteiger partial charge on any atom is 1.00 e. The number of anilines is 1. The number of aromatic carboxylic acids is 1. The van der Waals surface area contributed by atoms with Crippen LogP contribution >= 0.6 is 0 Å². The molecule has 1 aliphatic carbocycles. The maximum absolute atomic E-state index is 11.8. The minimum atomic E-state index is -4.30. The van der Waals surface area contributed by atoms with Crippen LogP contribution < -0.4 is 34.5 Å². The average molecular weight is 835 g/mol. The SMILES string of the molecule is CC1(C)C(/C=C/C2=C(c3ccc(C(=O)O)cc3)C(=C/C=C3/N(CCCCS(=O)(=O)[O-])c4ccccc4C3(C)C)/CCC2)=[N+](CCCCS(=O)(=O)[O-])c2ccccc21.[Na+]. The van der Waals surface area contributed by atoms with E-state index in [1.54, 1.807) is 12.1 Å². The predicted octanol–water partition coefficient (Wildman–Crippen LogP) is 5.22. The Morgan fingerprint density at radius 3 is 2.05 bits per heavy atom. The standard InChI is InChI=1S/C45H52N2O8S2.Na/c1-44(2)36-16-5-7-18-38(36)46(28-9-11-30-56(50,51)52)40(44)26-24-32-14-13-15-33(42(32)34-20-22-35(23-21-34)43(48)49)25-27-41-45(3,4)37-17-6-8-19-39(37)47(41)29-10-12-31-57(53,54)55;/h5-8,16-27H,9-15,28-31H2,1-4H3,(H2-,48,49,50,51,52,53,54,55);/q;+1/p-1. The normalized spacial score (nSPS) is 18.9. The number of allylic oxidation sites excluding steroid dienone is 8. The van der Waals surface area contributed by atoms with Crippen LogP contribution in [0, 0.1) is 0 Å². The molecule has 302 valence electrons. The fourth-order valence-electron chi connectivity index (χ4n) is 8.63. The third-order valence-corrected chi connectivity index (χ3v) is 13.1. The van der Waals surface area contributed by atoms with Gasteiger partial charge in [-0.3, -0.25) is 0 Å². The van der Waals surface area contributed by atoms with Crippen LogP contribution in [0.25, 0.3) is 5.57 Å². The quantitative estimate of drug-likeness (QED) is 0.0939. The van der Waals surface area contributed by atoms with Gasteiger partial charge in [0.15, 0.2) is 5.71 Å². The molecule has 0 aromatic heterocycles. The van der Waals surface area contributed by atoms with Gasteiger partial charge in [0.1, 0.15) is 6.54 Å². The summed E-state index contributed by atoms with van der Waals surface area (Å²) in [5, 5.41) is 9.69. The third-order valence-electron chi connectivity index (χ3n) is 11.5. The molecule has 0 radical (unpaired) electrons. The van der Waals surface area contributed by atoms with Gasteiger partial charge in [0, 0.05) is 59.0 Å². The third kappa shape index (κ3) is 10.2. The van der Waals surface area contributed by atoms with Gasteiger partial charge in [-0.2, -0.15) is 4.58 Å². The number of fused-ring (bicyclic) bond motifs is 2.